The van der Waals surface area contributed by atoms with E-state index >= 15 is 0 Å². The minimum absolute atomic E-state index is 0.00434. The fourth-order valence-corrected chi connectivity index (χ4v) is 2.32. The number of nitrogens with zero attached hydrogens (tertiary/aromatic N) is 1. The van der Waals surface area contributed by atoms with Crippen molar-refractivity contribution in [3.8, 4) is 0 Å². The molecule has 1 saturated heterocycles. The van der Waals surface area contributed by atoms with Crippen molar-refractivity contribution in [3.63, 3.8) is 0 Å². The molecule has 5 nitrogen and oxygen atoms in total. The Morgan fingerprint density at radius 3 is 2.55 bits per heavy atom. The maximum atomic E-state index is 11.8. The summed E-state index contributed by atoms with van der Waals surface area (Å²) in [4.78, 5) is 14.2. The standard InChI is InChI=1S/C15H31N3O2/c1-13(2)16-7-5-6-14(19)17-12-15(3,4)18-8-10-20-11-9-18/h13,16H,5-12H2,1-4H3,(H,17,19). The van der Waals surface area contributed by atoms with Gasteiger partial charge in [-0.3, -0.25) is 9.69 Å². The van der Waals surface area contributed by atoms with E-state index in [9.17, 15) is 4.79 Å². The smallest absolute Gasteiger partial charge is 0.220 e. The van der Waals surface area contributed by atoms with Crippen molar-refractivity contribution in [2.45, 2.75) is 52.1 Å². The maximum Gasteiger partial charge on any atom is 0.220 e. The second-order valence-corrected chi connectivity index (χ2v) is 6.40. The molecule has 1 fully saturated rings. The minimum atomic E-state index is -0.00434. The topological polar surface area (TPSA) is 53.6 Å². The van der Waals surface area contributed by atoms with Crippen LogP contribution in [0.3, 0.4) is 0 Å². The van der Waals surface area contributed by atoms with Gasteiger partial charge < -0.3 is 15.4 Å². The number of ether oxygens (including phenoxy) is 1. The lowest BCUT2D eigenvalue weighted by Gasteiger charge is -2.40. The van der Waals surface area contributed by atoms with Crippen LogP contribution < -0.4 is 10.6 Å². The first kappa shape index (κ1) is 17.4. The monoisotopic (exact) mass is 285 g/mol. The van der Waals surface area contributed by atoms with Gasteiger partial charge >= 0.3 is 0 Å². The molecule has 0 aromatic rings. The normalized spacial score (nSPS) is 17.4. The molecule has 0 bridgehead atoms. The lowest BCUT2D eigenvalue weighted by atomic mass is 10.0. The lowest BCUT2D eigenvalue weighted by molar-refractivity contribution is -0.122. The zero-order valence-electron chi connectivity index (χ0n) is 13.5. The number of hydrogen-bond donors (Lipinski definition) is 2. The van der Waals surface area contributed by atoms with Crippen LogP contribution in [0.5, 0.6) is 0 Å². The number of rotatable bonds is 8. The molecule has 0 atom stereocenters. The van der Waals surface area contributed by atoms with Crippen LogP contribution in [0, 0.1) is 0 Å². The molecule has 0 aromatic heterocycles. The van der Waals surface area contributed by atoms with Gasteiger partial charge in [-0.2, -0.15) is 0 Å². The summed E-state index contributed by atoms with van der Waals surface area (Å²) in [7, 11) is 0. The summed E-state index contributed by atoms with van der Waals surface area (Å²) in [6, 6.07) is 0.485. The van der Waals surface area contributed by atoms with Crippen molar-refractivity contribution in [3.05, 3.63) is 0 Å². The van der Waals surface area contributed by atoms with E-state index < -0.39 is 0 Å². The molecular weight excluding hydrogens is 254 g/mol. The van der Waals surface area contributed by atoms with Crippen LogP contribution in [0.4, 0.5) is 0 Å². The highest BCUT2D eigenvalue weighted by atomic mass is 16.5. The highest BCUT2D eigenvalue weighted by Crippen LogP contribution is 2.15. The van der Waals surface area contributed by atoms with Crippen molar-refractivity contribution in [1.29, 1.82) is 0 Å². The average molecular weight is 285 g/mol. The van der Waals surface area contributed by atoms with Crippen molar-refractivity contribution >= 4 is 5.91 Å². The van der Waals surface area contributed by atoms with Gasteiger partial charge in [-0.05, 0) is 26.8 Å². The van der Waals surface area contributed by atoms with Crippen LogP contribution in [0.2, 0.25) is 0 Å². The van der Waals surface area contributed by atoms with E-state index in [-0.39, 0.29) is 11.4 Å². The number of hydrogen-bond acceptors (Lipinski definition) is 4. The van der Waals surface area contributed by atoms with Crippen LogP contribution in [0.1, 0.15) is 40.5 Å². The molecule has 1 aliphatic rings. The summed E-state index contributed by atoms with van der Waals surface area (Å²) >= 11 is 0. The van der Waals surface area contributed by atoms with Gasteiger partial charge in [0.05, 0.1) is 13.2 Å². The highest BCUT2D eigenvalue weighted by molar-refractivity contribution is 5.75. The molecule has 0 unspecified atom stereocenters. The van der Waals surface area contributed by atoms with Gasteiger partial charge in [0.25, 0.3) is 0 Å². The predicted molar refractivity (Wildman–Crippen MR) is 81.9 cm³/mol. The Morgan fingerprint density at radius 1 is 1.30 bits per heavy atom. The summed E-state index contributed by atoms with van der Waals surface area (Å²) in [5.74, 6) is 0.150. The number of carbonyl (C=O) groups is 1. The molecule has 0 aliphatic carbocycles. The van der Waals surface area contributed by atoms with E-state index in [0.717, 1.165) is 39.3 Å². The molecule has 0 spiro atoms. The Bertz CT molecular complexity index is 287. The number of nitrogens with one attached hydrogen (secondary N) is 2. The predicted octanol–water partition coefficient (Wildman–Crippen LogP) is 0.992. The Morgan fingerprint density at radius 2 is 1.95 bits per heavy atom. The second-order valence-electron chi connectivity index (χ2n) is 6.40. The lowest BCUT2D eigenvalue weighted by Crippen LogP contribution is -2.55. The van der Waals surface area contributed by atoms with Crippen LogP contribution >= 0.6 is 0 Å². The molecule has 20 heavy (non-hydrogen) atoms. The minimum Gasteiger partial charge on any atom is -0.379 e. The summed E-state index contributed by atoms with van der Waals surface area (Å²) < 4.78 is 5.37. The summed E-state index contributed by atoms with van der Waals surface area (Å²) in [5, 5.41) is 6.38. The molecular formula is C15H31N3O2. The van der Waals surface area contributed by atoms with Crippen molar-refractivity contribution in [2.24, 2.45) is 0 Å². The van der Waals surface area contributed by atoms with E-state index in [1.54, 1.807) is 0 Å². The Balaban J connectivity index is 2.18. The zero-order chi connectivity index (χ0) is 15.0. The summed E-state index contributed by atoms with van der Waals surface area (Å²) in [6.07, 6.45) is 1.49. The number of carbonyl (C=O) groups excluding carboxylic acids is 1. The van der Waals surface area contributed by atoms with Gasteiger partial charge in [-0.1, -0.05) is 13.8 Å². The molecule has 5 heteroatoms. The summed E-state index contributed by atoms with van der Waals surface area (Å²) in [5.41, 5.74) is -0.00434. The average Bonchev–Trinajstić information content (AvgIpc) is 2.42. The molecule has 0 radical (unpaired) electrons. The second kappa shape index (κ2) is 8.60. The van der Waals surface area contributed by atoms with Gasteiger partial charge in [0.15, 0.2) is 0 Å². The molecule has 0 aromatic carbocycles. The van der Waals surface area contributed by atoms with Gasteiger partial charge in [0, 0.05) is 37.6 Å². The van der Waals surface area contributed by atoms with Crippen molar-refractivity contribution in [2.75, 3.05) is 39.4 Å². The zero-order valence-corrected chi connectivity index (χ0v) is 13.5. The molecule has 1 amide bonds. The first-order valence-corrected chi connectivity index (χ1v) is 7.75. The maximum absolute atomic E-state index is 11.8. The third kappa shape index (κ3) is 6.68. The third-order valence-corrected chi connectivity index (χ3v) is 3.72. The van der Waals surface area contributed by atoms with Crippen LogP contribution in [0.25, 0.3) is 0 Å². The quantitative estimate of drug-likeness (QED) is 0.653. The third-order valence-electron chi connectivity index (χ3n) is 3.72. The Labute approximate surface area is 123 Å². The van der Waals surface area contributed by atoms with E-state index in [1.165, 1.54) is 0 Å². The number of morpholine rings is 1. The molecule has 118 valence electrons. The largest absolute Gasteiger partial charge is 0.379 e. The van der Waals surface area contributed by atoms with Crippen LogP contribution in [0.15, 0.2) is 0 Å². The number of amides is 1. The van der Waals surface area contributed by atoms with Crippen molar-refractivity contribution < 1.29 is 9.53 Å². The van der Waals surface area contributed by atoms with Gasteiger partial charge in [-0.15, -0.1) is 0 Å². The van der Waals surface area contributed by atoms with E-state index in [4.69, 9.17) is 4.74 Å². The molecule has 1 rings (SSSR count). The Kier molecular flexibility index (Phi) is 7.48. The highest BCUT2D eigenvalue weighted by Gasteiger charge is 2.28. The van der Waals surface area contributed by atoms with E-state index in [2.05, 4.69) is 43.2 Å². The van der Waals surface area contributed by atoms with Gasteiger partial charge in [0.2, 0.25) is 5.91 Å². The molecule has 1 heterocycles. The van der Waals surface area contributed by atoms with Crippen LogP contribution in [-0.2, 0) is 9.53 Å². The fourth-order valence-electron chi connectivity index (χ4n) is 2.32. The first-order valence-electron chi connectivity index (χ1n) is 7.75. The van der Waals surface area contributed by atoms with E-state index in [0.29, 0.717) is 19.0 Å². The van der Waals surface area contributed by atoms with Crippen molar-refractivity contribution in [1.82, 2.24) is 15.5 Å². The first-order chi connectivity index (χ1) is 9.42. The fraction of sp³-hybridized carbons (Fsp3) is 0.933. The molecule has 2 N–H and O–H groups in total. The SMILES string of the molecule is CC(C)NCCCC(=O)NCC(C)(C)N1CCOCC1. The van der Waals surface area contributed by atoms with Crippen LogP contribution in [-0.4, -0.2) is 61.8 Å². The van der Waals surface area contributed by atoms with Gasteiger partial charge in [-0.25, -0.2) is 0 Å². The Hall–Kier alpha value is -0.650. The molecule has 0 saturated carbocycles. The summed E-state index contributed by atoms with van der Waals surface area (Å²) in [6.45, 7) is 13.7. The van der Waals surface area contributed by atoms with Gasteiger partial charge in [0.1, 0.15) is 0 Å². The molecule has 1 aliphatic heterocycles. The van der Waals surface area contributed by atoms with E-state index in [1.807, 2.05) is 0 Å².